The molecule has 4 heteroatoms. The van der Waals surface area contributed by atoms with E-state index in [2.05, 4.69) is 17.6 Å². The Balaban J connectivity index is 2.10. The minimum absolute atomic E-state index is 0.0779. The summed E-state index contributed by atoms with van der Waals surface area (Å²) in [7, 11) is 1.63. The summed E-state index contributed by atoms with van der Waals surface area (Å²) in [6, 6.07) is 9.62. The van der Waals surface area contributed by atoms with Crippen molar-refractivity contribution in [1.29, 1.82) is 0 Å². The maximum Gasteiger partial charge on any atom is 0.251 e. The predicted octanol–water partition coefficient (Wildman–Crippen LogP) is 3.43. The molecule has 0 bridgehead atoms. The molecule has 2 N–H and O–H groups in total. The maximum atomic E-state index is 11.5. The van der Waals surface area contributed by atoms with Gasteiger partial charge in [0.1, 0.15) is 11.5 Å². The van der Waals surface area contributed by atoms with Gasteiger partial charge in [0, 0.05) is 23.9 Å². The van der Waals surface area contributed by atoms with E-state index >= 15 is 0 Å². The second-order valence-electron chi connectivity index (χ2n) is 4.89. The SMILES string of the molecule is CNC(=O)c1ccc(NC(C)c2cc(C)oc2C)cc1. The molecule has 0 radical (unpaired) electrons. The second kappa shape index (κ2) is 5.82. The molecule has 0 aliphatic carbocycles. The minimum Gasteiger partial charge on any atom is -0.466 e. The van der Waals surface area contributed by atoms with Crippen LogP contribution in [0.3, 0.4) is 0 Å². The number of carbonyl (C=O) groups excluding carboxylic acids is 1. The second-order valence-corrected chi connectivity index (χ2v) is 4.89. The lowest BCUT2D eigenvalue weighted by molar-refractivity contribution is 0.0963. The van der Waals surface area contributed by atoms with E-state index < -0.39 is 0 Å². The Kier molecular flexibility index (Phi) is 4.13. The summed E-state index contributed by atoms with van der Waals surface area (Å²) in [5.41, 5.74) is 2.78. The molecule has 20 heavy (non-hydrogen) atoms. The first-order valence-corrected chi connectivity index (χ1v) is 6.67. The Bertz CT molecular complexity index is 599. The normalized spacial score (nSPS) is 12.0. The Morgan fingerprint density at radius 1 is 1.20 bits per heavy atom. The van der Waals surface area contributed by atoms with Gasteiger partial charge in [-0.2, -0.15) is 0 Å². The standard InChI is InChI=1S/C16H20N2O2/c1-10-9-15(12(3)20-10)11(2)18-14-7-5-13(6-8-14)16(19)17-4/h5-9,11,18H,1-4H3,(H,17,19). The highest BCUT2D eigenvalue weighted by molar-refractivity contribution is 5.94. The van der Waals surface area contributed by atoms with Crippen molar-refractivity contribution in [2.75, 3.05) is 12.4 Å². The van der Waals surface area contributed by atoms with Crippen LogP contribution in [0.15, 0.2) is 34.7 Å². The molecular weight excluding hydrogens is 252 g/mol. The van der Waals surface area contributed by atoms with Crippen molar-refractivity contribution in [3.05, 3.63) is 53.0 Å². The molecule has 1 amide bonds. The lowest BCUT2D eigenvalue weighted by Crippen LogP contribution is -2.17. The van der Waals surface area contributed by atoms with Crippen LogP contribution in [0.1, 0.15) is 40.4 Å². The maximum absolute atomic E-state index is 11.5. The molecule has 2 aromatic rings. The van der Waals surface area contributed by atoms with Crippen LogP contribution >= 0.6 is 0 Å². The molecule has 1 atom stereocenters. The zero-order valence-electron chi connectivity index (χ0n) is 12.3. The Labute approximate surface area is 119 Å². The molecule has 106 valence electrons. The van der Waals surface area contributed by atoms with Crippen LogP contribution < -0.4 is 10.6 Å². The molecule has 2 rings (SSSR count). The summed E-state index contributed by atoms with van der Waals surface area (Å²) < 4.78 is 5.55. The predicted molar refractivity (Wildman–Crippen MR) is 80.1 cm³/mol. The van der Waals surface area contributed by atoms with Crippen LogP contribution in [0.25, 0.3) is 0 Å². The monoisotopic (exact) mass is 272 g/mol. The average Bonchev–Trinajstić information content (AvgIpc) is 2.78. The quantitative estimate of drug-likeness (QED) is 0.896. The molecule has 1 heterocycles. The smallest absolute Gasteiger partial charge is 0.251 e. The van der Waals surface area contributed by atoms with Crippen molar-refractivity contribution in [1.82, 2.24) is 5.32 Å². The zero-order valence-corrected chi connectivity index (χ0v) is 12.3. The van der Waals surface area contributed by atoms with Gasteiger partial charge < -0.3 is 15.1 Å². The van der Waals surface area contributed by atoms with E-state index in [0.29, 0.717) is 5.56 Å². The van der Waals surface area contributed by atoms with Gasteiger partial charge in [-0.05, 0) is 51.1 Å². The van der Waals surface area contributed by atoms with Crippen molar-refractivity contribution in [3.63, 3.8) is 0 Å². The number of rotatable bonds is 4. The number of benzene rings is 1. The third kappa shape index (κ3) is 3.02. The van der Waals surface area contributed by atoms with Gasteiger partial charge in [0.15, 0.2) is 0 Å². The number of hydrogen-bond acceptors (Lipinski definition) is 3. The highest BCUT2D eigenvalue weighted by Crippen LogP contribution is 2.24. The molecule has 0 spiro atoms. The van der Waals surface area contributed by atoms with Gasteiger partial charge in [-0.15, -0.1) is 0 Å². The lowest BCUT2D eigenvalue weighted by Gasteiger charge is -2.15. The van der Waals surface area contributed by atoms with Crippen LogP contribution in [-0.4, -0.2) is 13.0 Å². The van der Waals surface area contributed by atoms with Gasteiger partial charge in [-0.25, -0.2) is 0 Å². The van der Waals surface area contributed by atoms with Crippen molar-refractivity contribution in [2.24, 2.45) is 0 Å². The molecule has 0 fully saturated rings. The third-order valence-electron chi connectivity index (χ3n) is 3.30. The molecule has 0 aliphatic heterocycles. The average molecular weight is 272 g/mol. The molecule has 4 nitrogen and oxygen atoms in total. The summed E-state index contributed by atoms with van der Waals surface area (Å²) in [5.74, 6) is 1.77. The highest BCUT2D eigenvalue weighted by atomic mass is 16.3. The van der Waals surface area contributed by atoms with Gasteiger partial charge in [-0.1, -0.05) is 0 Å². The van der Waals surface area contributed by atoms with Crippen LogP contribution in [0, 0.1) is 13.8 Å². The molecular formula is C16H20N2O2. The highest BCUT2D eigenvalue weighted by Gasteiger charge is 2.12. The van der Waals surface area contributed by atoms with Gasteiger partial charge in [0.05, 0.1) is 6.04 Å². The minimum atomic E-state index is -0.0779. The summed E-state index contributed by atoms with van der Waals surface area (Å²) in [5, 5.41) is 6.01. The van der Waals surface area contributed by atoms with Gasteiger partial charge in [0.25, 0.3) is 5.91 Å². The number of furan rings is 1. The lowest BCUT2D eigenvalue weighted by atomic mass is 10.1. The number of hydrogen-bond donors (Lipinski definition) is 2. The number of anilines is 1. The Hall–Kier alpha value is -2.23. The van der Waals surface area contributed by atoms with Crippen LogP contribution in [0.5, 0.6) is 0 Å². The first kappa shape index (κ1) is 14.2. The number of aryl methyl sites for hydroxylation is 2. The van der Waals surface area contributed by atoms with E-state index in [-0.39, 0.29) is 11.9 Å². The van der Waals surface area contributed by atoms with E-state index in [0.717, 1.165) is 22.8 Å². The summed E-state index contributed by atoms with van der Waals surface area (Å²) in [4.78, 5) is 11.5. The number of nitrogens with one attached hydrogen (secondary N) is 2. The van der Waals surface area contributed by atoms with Crippen molar-refractivity contribution < 1.29 is 9.21 Å². The van der Waals surface area contributed by atoms with Gasteiger partial charge in [-0.3, -0.25) is 4.79 Å². The van der Waals surface area contributed by atoms with Crippen LogP contribution in [0.2, 0.25) is 0 Å². The number of carbonyl (C=O) groups is 1. The van der Waals surface area contributed by atoms with E-state index in [4.69, 9.17) is 4.42 Å². The van der Waals surface area contributed by atoms with E-state index in [1.54, 1.807) is 19.2 Å². The number of amides is 1. The Morgan fingerprint density at radius 2 is 1.85 bits per heavy atom. The molecule has 0 saturated carbocycles. The first-order valence-electron chi connectivity index (χ1n) is 6.67. The molecule has 1 aromatic carbocycles. The fourth-order valence-electron chi connectivity index (χ4n) is 2.27. The summed E-state index contributed by atoms with van der Waals surface area (Å²) in [6.07, 6.45) is 0. The fourth-order valence-corrected chi connectivity index (χ4v) is 2.27. The largest absolute Gasteiger partial charge is 0.466 e. The van der Waals surface area contributed by atoms with Crippen molar-refractivity contribution in [2.45, 2.75) is 26.8 Å². The van der Waals surface area contributed by atoms with Gasteiger partial charge >= 0.3 is 0 Å². The molecule has 1 unspecified atom stereocenters. The van der Waals surface area contributed by atoms with E-state index in [1.165, 1.54) is 0 Å². The zero-order chi connectivity index (χ0) is 14.7. The third-order valence-corrected chi connectivity index (χ3v) is 3.30. The summed E-state index contributed by atoms with van der Waals surface area (Å²) >= 11 is 0. The first-order chi connectivity index (χ1) is 9.51. The van der Waals surface area contributed by atoms with Gasteiger partial charge in [0.2, 0.25) is 0 Å². The van der Waals surface area contributed by atoms with Crippen LogP contribution in [-0.2, 0) is 0 Å². The van der Waals surface area contributed by atoms with E-state index in [1.807, 2.05) is 32.0 Å². The van der Waals surface area contributed by atoms with E-state index in [9.17, 15) is 4.79 Å². The van der Waals surface area contributed by atoms with Crippen molar-refractivity contribution in [3.8, 4) is 0 Å². The molecule has 1 aromatic heterocycles. The topological polar surface area (TPSA) is 54.3 Å². The molecule has 0 aliphatic rings. The van der Waals surface area contributed by atoms with Crippen LogP contribution in [0.4, 0.5) is 5.69 Å². The molecule has 0 saturated heterocycles. The Morgan fingerprint density at radius 3 is 2.35 bits per heavy atom. The van der Waals surface area contributed by atoms with Crippen molar-refractivity contribution >= 4 is 11.6 Å². The fraction of sp³-hybridized carbons (Fsp3) is 0.312. The summed E-state index contributed by atoms with van der Waals surface area (Å²) in [6.45, 7) is 6.00.